The molecule has 1 fully saturated rings. The highest BCUT2D eigenvalue weighted by atomic mass is 35.5. The number of halogens is 2. The van der Waals surface area contributed by atoms with Crippen LogP contribution in [0.1, 0.15) is 36.1 Å². The molecule has 1 unspecified atom stereocenters. The highest BCUT2D eigenvalue weighted by Crippen LogP contribution is 2.44. The third-order valence-electron chi connectivity index (χ3n) is 6.41. The molecule has 1 heterocycles. The van der Waals surface area contributed by atoms with Crippen molar-refractivity contribution in [2.75, 3.05) is 33.2 Å². The van der Waals surface area contributed by atoms with Gasteiger partial charge in [0.2, 0.25) is 5.91 Å². The molecule has 0 bridgehead atoms. The van der Waals surface area contributed by atoms with E-state index < -0.39 is 5.54 Å². The summed E-state index contributed by atoms with van der Waals surface area (Å²) in [4.78, 5) is 18.4. The predicted molar refractivity (Wildman–Crippen MR) is 123 cm³/mol. The summed E-state index contributed by atoms with van der Waals surface area (Å²) < 4.78 is 0. The molecule has 1 N–H and O–H groups in total. The molecule has 2 aromatic rings. The Labute approximate surface area is 186 Å². The van der Waals surface area contributed by atoms with E-state index in [9.17, 15) is 4.79 Å². The molecule has 4 nitrogen and oxygen atoms in total. The summed E-state index contributed by atoms with van der Waals surface area (Å²) in [6.07, 6.45) is 1.84. The van der Waals surface area contributed by atoms with Crippen LogP contribution in [0.4, 0.5) is 0 Å². The van der Waals surface area contributed by atoms with Crippen LogP contribution in [0, 0.1) is 0 Å². The van der Waals surface area contributed by atoms with E-state index in [1.807, 2.05) is 30.1 Å². The Morgan fingerprint density at radius 3 is 2.34 bits per heavy atom. The first kappa shape index (κ1) is 23.7. The summed E-state index contributed by atoms with van der Waals surface area (Å²) >= 11 is 0. The third-order valence-corrected chi connectivity index (χ3v) is 6.41. The number of fused-ring (bicyclic) bond motifs is 1. The number of nitrogens with zero attached hydrogens (tertiary/aromatic N) is 2. The van der Waals surface area contributed by atoms with Crippen LogP contribution in [-0.4, -0.2) is 48.9 Å². The minimum atomic E-state index is -0.531. The molecule has 4 rings (SSSR count). The highest BCUT2D eigenvalue weighted by Gasteiger charge is 2.51. The molecule has 2 aliphatic rings. The van der Waals surface area contributed by atoms with Crippen molar-refractivity contribution < 1.29 is 4.79 Å². The maximum absolute atomic E-state index is 14.0. The Balaban J connectivity index is 0.00000150. The van der Waals surface area contributed by atoms with E-state index in [4.69, 9.17) is 0 Å². The first-order valence-corrected chi connectivity index (χ1v) is 10.0. The number of rotatable bonds is 4. The topological polar surface area (TPSA) is 35.6 Å². The number of benzene rings is 2. The van der Waals surface area contributed by atoms with Crippen LogP contribution >= 0.6 is 24.8 Å². The number of aryl methyl sites for hydroxylation is 1. The van der Waals surface area contributed by atoms with Crippen molar-refractivity contribution in [1.82, 2.24) is 15.1 Å². The zero-order valence-electron chi connectivity index (χ0n) is 17.1. The van der Waals surface area contributed by atoms with Gasteiger partial charge in [-0.2, -0.15) is 0 Å². The van der Waals surface area contributed by atoms with Crippen molar-refractivity contribution in [3.63, 3.8) is 0 Å². The van der Waals surface area contributed by atoms with E-state index in [0.717, 1.165) is 39.0 Å². The minimum Gasteiger partial charge on any atom is -0.337 e. The van der Waals surface area contributed by atoms with Crippen LogP contribution in [0.3, 0.4) is 0 Å². The van der Waals surface area contributed by atoms with Crippen molar-refractivity contribution in [1.29, 1.82) is 0 Å². The van der Waals surface area contributed by atoms with Gasteiger partial charge in [-0.1, -0.05) is 54.6 Å². The lowest BCUT2D eigenvalue weighted by molar-refractivity contribution is -0.147. The molecule has 2 atom stereocenters. The van der Waals surface area contributed by atoms with E-state index in [-0.39, 0.29) is 36.8 Å². The molecule has 2 aromatic carbocycles. The fraction of sp³-hybridized carbons (Fsp3) is 0.435. The summed E-state index contributed by atoms with van der Waals surface area (Å²) in [5, 5.41) is 3.43. The number of hydrogen-bond donors (Lipinski definition) is 1. The zero-order valence-corrected chi connectivity index (χ0v) is 18.8. The molecule has 158 valence electrons. The third kappa shape index (κ3) is 4.17. The number of carbonyl (C=O) groups is 1. The Morgan fingerprint density at radius 1 is 1.03 bits per heavy atom. The summed E-state index contributed by atoms with van der Waals surface area (Å²) in [5.74, 6) is 0.228. The number of amides is 1. The van der Waals surface area contributed by atoms with E-state index in [0.29, 0.717) is 0 Å². The van der Waals surface area contributed by atoms with Gasteiger partial charge in [0.25, 0.3) is 0 Å². The molecule has 29 heavy (non-hydrogen) atoms. The van der Waals surface area contributed by atoms with E-state index >= 15 is 0 Å². The Hall–Kier alpha value is -1.59. The second kappa shape index (κ2) is 9.94. The fourth-order valence-corrected chi connectivity index (χ4v) is 4.75. The van der Waals surface area contributed by atoms with Crippen LogP contribution < -0.4 is 5.32 Å². The van der Waals surface area contributed by atoms with Crippen LogP contribution in [-0.2, 0) is 16.8 Å². The van der Waals surface area contributed by atoms with Crippen molar-refractivity contribution in [3.8, 4) is 0 Å². The summed E-state index contributed by atoms with van der Waals surface area (Å²) in [5.41, 5.74) is 3.18. The van der Waals surface area contributed by atoms with E-state index in [1.165, 1.54) is 16.7 Å². The minimum absolute atomic E-state index is 0. The molecular weight excluding hydrogens is 405 g/mol. The molecule has 1 amide bonds. The number of likely N-dealkylation sites (N-methyl/N-ethyl adjacent to an activating group) is 1. The standard InChI is InChI=1S/C23H29N3O.2ClH/c1-18(19-8-4-3-5-9-19)25(2)22(27)23(26-16-14-24-15-17-26)13-12-20-10-6-7-11-21(20)23;;/h3-11,18,24H,12-17H2,1-2H3;2*1H/t18-,23?;;/m1../s1. The lowest BCUT2D eigenvalue weighted by Gasteiger charge is -2.45. The molecule has 0 saturated carbocycles. The predicted octanol–water partition coefficient (Wildman–Crippen LogP) is 3.80. The summed E-state index contributed by atoms with van der Waals surface area (Å²) in [6, 6.07) is 18.9. The smallest absolute Gasteiger partial charge is 0.247 e. The van der Waals surface area contributed by atoms with Crippen molar-refractivity contribution in [2.24, 2.45) is 0 Å². The Bertz CT molecular complexity index is 811. The summed E-state index contributed by atoms with van der Waals surface area (Å²) in [7, 11) is 1.96. The average molecular weight is 436 g/mol. The van der Waals surface area contributed by atoms with Crippen molar-refractivity contribution >= 4 is 30.7 Å². The van der Waals surface area contributed by atoms with Gasteiger partial charge in [0.1, 0.15) is 5.54 Å². The molecule has 1 saturated heterocycles. The van der Waals surface area contributed by atoms with Crippen LogP contribution in [0.2, 0.25) is 0 Å². The Morgan fingerprint density at radius 2 is 1.66 bits per heavy atom. The molecule has 1 aliphatic heterocycles. The molecule has 6 heteroatoms. The Kier molecular flexibility index (Phi) is 8.12. The fourth-order valence-electron chi connectivity index (χ4n) is 4.75. The highest BCUT2D eigenvalue weighted by molar-refractivity contribution is 5.89. The number of carbonyl (C=O) groups excluding carboxylic acids is 1. The number of hydrogen-bond acceptors (Lipinski definition) is 3. The van der Waals surface area contributed by atoms with Gasteiger partial charge in [-0.15, -0.1) is 24.8 Å². The van der Waals surface area contributed by atoms with Gasteiger partial charge in [0, 0.05) is 33.2 Å². The van der Waals surface area contributed by atoms with Crippen molar-refractivity contribution in [2.45, 2.75) is 31.3 Å². The van der Waals surface area contributed by atoms with Gasteiger partial charge in [-0.05, 0) is 36.5 Å². The molecular formula is C23H31Cl2N3O. The lowest BCUT2D eigenvalue weighted by atomic mass is 9.86. The number of nitrogens with one attached hydrogen (secondary N) is 1. The molecule has 0 spiro atoms. The van der Waals surface area contributed by atoms with Gasteiger partial charge in [0.05, 0.1) is 6.04 Å². The lowest BCUT2D eigenvalue weighted by Crippen LogP contribution is -2.60. The van der Waals surface area contributed by atoms with Gasteiger partial charge >= 0.3 is 0 Å². The first-order chi connectivity index (χ1) is 13.1. The van der Waals surface area contributed by atoms with E-state index in [2.05, 4.69) is 53.5 Å². The van der Waals surface area contributed by atoms with Crippen LogP contribution in [0.5, 0.6) is 0 Å². The van der Waals surface area contributed by atoms with Crippen LogP contribution in [0.25, 0.3) is 0 Å². The van der Waals surface area contributed by atoms with Gasteiger partial charge in [0.15, 0.2) is 0 Å². The average Bonchev–Trinajstić information content (AvgIpc) is 3.14. The maximum atomic E-state index is 14.0. The normalized spacial score (nSPS) is 22.0. The van der Waals surface area contributed by atoms with E-state index in [1.54, 1.807) is 0 Å². The zero-order chi connectivity index (χ0) is 18.9. The van der Waals surface area contributed by atoms with Gasteiger partial charge < -0.3 is 10.2 Å². The molecule has 1 aliphatic carbocycles. The molecule has 0 radical (unpaired) electrons. The van der Waals surface area contributed by atoms with Gasteiger partial charge in [-0.25, -0.2) is 0 Å². The quantitative estimate of drug-likeness (QED) is 0.792. The summed E-state index contributed by atoms with van der Waals surface area (Å²) in [6.45, 7) is 5.82. The second-order valence-electron chi connectivity index (χ2n) is 7.76. The maximum Gasteiger partial charge on any atom is 0.247 e. The first-order valence-electron chi connectivity index (χ1n) is 10.0. The monoisotopic (exact) mass is 435 g/mol. The van der Waals surface area contributed by atoms with Crippen LogP contribution in [0.15, 0.2) is 54.6 Å². The number of piperazine rings is 1. The molecule has 0 aromatic heterocycles. The second-order valence-corrected chi connectivity index (χ2v) is 7.76. The van der Waals surface area contributed by atoms with Gasteiger partial charge in [-0.3, -0.25) is 9.69 Å². The SMILES string of the molecule is C[C@H](c1ccccc1)N(C)C(=O)C1(N2CCNCC2)CCc2ccccc21.Cl.Cl. The largest absolute Gasteiger partial charge is 0.337 e. The van der Waals surface area contributed by atoms with Crippen molar-refractivity contribution in [3.05, 3.63) is 71.3 Å².